The summed E-state index contributed by atoms with van der Waals surface area (Å²) in [5.41, 5.74) is 3.92. The Balaban J connectivity index is 1.99. The van der Waals surface area contributed by atoms with E-state index < -0.39 is 10.0 Å². The number of carbonyl (C=O) groups is 1. The monoisotopic (exact) mass is 346 g/mol. The van der Waals surface area contributed by atoms with Crippen molar-refractivity contribution in [1.82, 2.24) is 0 Å². The number of aryl methyl sites for hydroxylation is 3. The van der Waals surface area contributed by atoms with Gasteiger partial charge in [-0.3, -0.25) is 4.79 Å². The number of carbonyl (C=O) groups excluding carboxylic acids is 1. The van der Waals surface area contributed by atoms with E-state index in [1.54, 1.807) is 12.1 Å². The van der Waals surface area contributed by atoms with E-state index in [9.17, 15) is 13.2 Å². The van der Waals surface area contributed by atoms with E-state index in [2.05, 4.69) is 12.2 Å². The fourth-order valence-corrected chi connectivity index (χ4v) is 3.02. The third kappa shape index (κ3) is 4.66. The van der Waals surface area contributed by atoms with Crippen LogP contribution in [0.15, 0.2) is 47.4 Å². The molecule has 2 aromatic carbocycles. The summed E-state index contributed by atoms with van der Waals surface area (Å²) in [6, 6.07) is 12.2. The molecule has 0 bridgehead atoms. The van der Waals surface area contributed by atoms with Crippen molar-refractivity contribution in [2.24, 2.45) is 5.14 Å². The number of sulfonamides is 1. The standard InChI is InChI=1S/C18H22N2O3S/c1-3-15-6-4-5-13(2)18(15)20-17(21)12-9-14-7-10-16(11-8-14)24(19,22)23/h4-8,10-11H,3,9,12H2,1-2H3,(H,20,21)(H2,19,22,23). The maximum atomic E-state index is 12.2. The number of hydrogen-bond acceptors (Lipinski definition) is 3. The zero-order valence-corrected chi connectivity index (χ0v) is 14.7. The van der Waals surface area contributed by atoms with Gasteiger partial charge in [0.15, 0.2) is 0 Å². The van der Waals surface area contributed by atoms with Gasteiger partial charge >= 0.3 is 0 Å². The lowest BCUT2D eigenvalue weighted by Crippen LogP contribution is -2.15. The van der Waals surface area contributed by atoms with Crippen LogP contribution in [0.5, 0.6) is 0 Å². The summed E-state index contributed by atoms with van der Waals surface area (Å²) in [5, 5.41) is 8.05. The molecular formula is C18H22N2O3S. The number of amides is 1. The molecule has 0 aliphatic rings. The lowest BCUT2D eigenvalue weighted by molar-refractivity contribution is -0.116. The van der Waals surface area contributed by atoms with Gasteiger partial charge in [0.1, 0.15) is 0 Å². The normalized spacial score (nSPS) is 11.3. The predicted molar refractivity (Wildman–Crippen MR) is 95.3 cm³/mol. The van der Waals surface area contributed by atoms with E-state index in [0.717, 1.165) is 28.8 Å². The van der Waals surface area contributed by atoms with Crippen molar-refractivity contribution in [2.45, 2.75) is 38.0 Å². The van der Waals surface area contributed by atoms with Crippen LogP contribution in [0, 0.1) is 6.92 Å². The summed E-state index contributed by atoms with van der Waals surface area (Å²) in [7, 11) is -3.68. The maximum absolute atomic E-state index is 12.2. The van der Waals surface area contributed by atoms with Gasteiger partial charge in [0, 0.05) is 12.1 Å². The van der Waals surface area contributed by atoms with Crippen LogP contribution in [0.1, 0.15) is 30.0 Å². The zero-order chi connectivity index (χ0) is 17.7. The van der Waals surface area contributed by atoms with E-state index in [1.165, 1.54) is 12.1 Å². The Hall–Kier alpha value is -2.18. The molecule has 0 radical (unpaired) electrons. The van der Waals surface area contributed by atoms with Gasteiger partial charge in [-0.1, -0.05) is 37.3 Å². The fourth-order valence-electron chi connectivity index (χ4n) is 2.51. The molecule has 0 saturated heterocycles. The van der Waals surface area contributed by atoms with Crippen molar-refractivity contribution in [2.75, 3.05) is 5.32 Å². The summed E-state index contributed by atoms with van der Waals surface area (Å²) in [5.74, 6) is -0.0606. The van der Waals surface area contributed by atoms with E-state index in [4.69, 9.17) is 5.14 Å². The molecule has 0 aliphatic heterocycles. The lowest BCUT2D eigenvalue weighted by Gasteiger charge is -2.13. The Kier molecular flexibility index (Phi) is 5.75. The average Bonchev–Trinajstić information content (AvgIpc) is 2.54. The van der Waals surface area contributed by atoms with Gasteiger partial charge in [-0.05, 0) is 48.6 Å². The number of anilines is 1. The van der Waals surface area contributed by atoms with Crippen molar-refractivity contribution in [3.8, 4) is 0 Å². The molecule has 0 unspecified atom stereocenters. The first kappa shape index (κ1) is 18.2. The molecule has 0 atom stereocenters. The summed E-state index contributed by atoms with van der Waals surface area (Å²) in [4.78, 5) is 12.3. The molecule has 0 heterocycles. The molecule has 0 aliphatic carbocycles. The molecular weight excluding hydrogens is 324 g/mol. The second-order valence-electron chi connectivity index (χ2n) is 5.70. The van der Waals surface area contributed by atoms with E-state index in [-0.39, 0.29) is 10.8 Å². The molecule has 128 valence electrons. The molecule has 24 heavy (non-hydrogen) atoms. The SMILES string of the molecule is CCc1cccc(C)c1NC(=O)CCc1ccc(S(N)(=O)=O)cc1. The highest BCUT2D eigenvalue weighted by molar-refractivity contribution is 7.89. The molecule has 0 aromatic heterocycles. The maximum Gasteiger partial charge on any atom is 0.238 e. The smallest absolute Gasteiger partial charge is 0.238 e. The first-order valence-corrected chi connectivity index (χ1v) is 9.36. The van der Waals surface area contributed by atoms with Gasteiger partial charge in [-0.25, -0.2) is 13.6 Å². The minimum absolute atomic E-state index is 0.0606. The summed E-state index contributed by atoms with van der Waals surface area (Å²) in [6.45, 7) is 4.03. The Morgan fingerprint density at radius 3 is 2.38 bits per heavy atom. The van der Waals surface area contributed by atoms with Gasteiger partial charge in [-0.15, -0.1) is 0 Å². The second-order valence-corrected chi connectivity index (χ2v) is 7.26. The number of para-hydroxylation sites is 1. The van der Waals surface area contributed by atoms with Gasteiger partial charge in [0.05, 0.1) is 4.90 Å². The van der Waals surface area contributed by atoms with Crippen molar-refractivity contribution < 1.29 is 13.2 Å². The largest absolute Gasteiger partial charge is 0.326 e. The third-order valence-corrected chi connectivity index (χ3v) is 4.83. The average molecular weight is 346 g/mol. The van der Waals surface area contributed by atoms with Gasteiger partial charge in [-0.2, -0.15) is 0 Å². The van der Waals surface area contributed by atoms with Crippen molar-refractivity contribution in [3.63, 3.8) is 0 Å². The number of nitrogens with two attached hydrogens (primary N) is 1. The van der Waals surface area contributed by atoms with Crippen molar-refractivity contribution in [1.29, 1.82) is 0 Å². The summed E-state index contributed by atoms with van der Waals surface area (Å²) in [6.07, 6.45) is 1.71. The molecule has 0 saturated carbocycles. The first-order chi connectivity index (χ1) is 11.3. The number of hydrogen-bond donors (Lipinski definition) is 2. The predicted octanol–water partition coefficient (Wildman–Crippen LogP) is 2.78. The Morgan fingerprint density at radius 2 is 1.79 bits per heavy atom. The minimum atomic E-state index is -3.68. The summed E-state index contributed by atoms with van der Waals surface area (Å²) >= 11 is 0. The van der Waals surface area contributed by atoms with Crippen LogP contribution < -0.4 is 10.5 Å². The van der Waals surface area contributed by atoms with Gasteiger partial charge < -0.3 is 5.32 Å². The third-order valence-electron chi connectivity index (χ3n) is 3.90. The van der Waals surface area contributed by atoms with Crippen LogP contribution in [0.25, 0.3) is 0 Å². The molecule has 6 heteroatoms. The number of benzene rings is 2. The van der Waals surface area contributed by atoms with Crippen LogP contribution in [0.3, 0.4) is 0 Å². The molecule has 5 nitrogen and oxygen atoms in total. The van der Waals surface area contributed by atoms with Crippen LogP contribution in [-0.2, 0) is 27.7 Å². The molecule has 2 rings (SSSR count). The highest BCUT2D eigenvalue weighted by atomic mass is 32.2. The summed E-state index contributed by atoms with van der Waals surface area (Å²) < 4.78 is 22.4. The van der Waals surface area contributed by atoms with Gasteiger partial charge in [0.25, 0.3) is 0 Å². The van der Waals surface area contributed by atoms with Crippen LogP contribution in [0.2, 0.25) is 0 Å². The van der Waals surface area contributed by atoms with E-state index in [0.29, 0.717) is 12.8 Å². The Bertz CT molecular complexity index is 828. The molecule has 0 fully saturated rings. The Morgan fingerprint density at radius 1 is 1.12 bits per heavy atom. The Labute approximate surface area is 142 Å². The minimum Gasteiger partial charge on any atom is -0.326 e. The lowest BCUT2D eigenvalue weighted by atomic mass is 10.1. The topological polar surface area (TPSA) is 89.3 Å². The van der Waals surface area contributed by atoms with E-state index >= 15 is 0 Å². The van der Waals surface area contributed by atoms with Gasteiger partial charge in [0.2, 0.25) is 15.9 Å². The highest BCUT2D eigenvalue weighted by Crippen LogP contribution is 2.21. The number of nitrogens with one attached hydrogen (secondary N) is 1. The molecule has 1 amide bonds. The quantitative estimate of drug-likeness (QED) is 0.843. The van der Waals surface area contributed by atoms with Crippen molar-refractivity contribution in [3.05, 3.63) is 59.2 Å². The highest BCUT2D eigenvalue weighted by Gasteiger charge is 2.10. The number of rotatable bonds is 6. The fraction of sp³-hybridized carbons (Fsp3) is 0.278. The molecule has 3 N–H and O–H groups in total. The molecule has 2 aromatic rings. The second kappa shape index (κ2) is 7.59. The zero-order valence-electron chi connectivity index (χ0n) is 13.9. The van der Waals surface area contributed by atoms with Crippen LogP contribution in [-0.4, -0.2) is 14.3 Å². The van der Waals surface area contributed by atoms with Crippen molar-refractivity contribution >= 4 is 21.6 Å². The van der Waals surface area contributed by atoms with Crippen LogP contribution in [0.4, 0.5) is 5.69 Å². The van der Waals surface area contributed by atoms with Crippen LogP contribution >= 0.6 is 0 Å². The first-order valence-electron chi connectivity index (χ1n) is 7.81. The number of primary sulfonamides is 1. The van der Waals surface area contributed by atoms with E-state index in [1.807, 2.05) is 25.1 Å². The molecule has 0 spiro atoms.